The van der Waals surface area contributed by atoms with E-state index in [0.717, 1.165) is 10.9 Å². The summed E-state index contributed by atoms with van der Waals surface area (Å²) < 4.78 is 7.12. The Balaban J connectivity index is 1.75. The molecule has 0 saturated carbocycles. The first kappa shape index (κ1) is 13.8. The number of hydrogen-bond donors (Lipinski definition) is 2. The SMILES string of the molecule is Cn1nnnc1SCCOc1ccc(B(O)O)cc1. The molecule has 1 aromatic heterocycles. The Morgan fingerprint density at radius 3 is 2.63 bits per heavy atom. The Morgan fingerprint density at radius 1 is 1.32 bits per heavy atom. The quantitative estimate of drug-likeness (QED) is 0.401. The molecule has 100 valence electrons. The minimum atomic E-state index is -1.45. The highest BCUT2D eigenvalue weighted by Crippen LogP contribution is 2.13. The van der Waals surface area contributed by atoms with Crippen molar-refractivity contribution in [2.45, 2.75) is 5.16 Å². The van der Waals surface area contributed by atoms with Crippen LogP contribution in [0.4, 0.5) is 0 Å². The average Bonchev–Trinajstić information content (AvgIpc) is 2.81. The van der Waals surface area contributed by atoms with Crippen molar-refractivity contribution in [3.63, 3.8) is 0 Å². The van der Waals surface area contributed by atoms with E-state index >= 15 is 0 Å². The van der Waals surface area contributed by atoms with Crippen LogP contribution in [0.2, 0.25) is 0 Å². The number of tetrazole rings is 1. The van der Waals surface area contributed by atoms with Crippen LogP contribution in [-0.2, 0) is 7.05 Å². The van der Waals surface area contributed by atoms with E-state index < -0.39 is 7.12 Å². The van der Waals surface area contributed by atoms with Gasteiger partial charge in [0.1, 0.15) is 5.75 Å². The van der Waals surface area contributed by atoms with Crippen molar-refractivity contribution in [3.05, 3.63) is 24.3 Å². The molecule has 0 saturated heterocycles. The number of rotatable bonds is 6. The third-order valence-electron chi connectivity index (χ3n) is 2.34. The Labute approximate surface area is 114 Å². The highest BCUT2D eigenvalue weighted by Gasteiger charge is 2.09. The van der Waals surface area contributed by atoms with Crippen LogP contribution in [0.15, 0.2) is 29.4 Å². The number of thioether (sulfide) groups is 1. The van der Waals surface area contributed by atoms with E-state index in [4.69, 9.17) is 14.8 Å². The van der Waals surface area contributed by atoms with E-state index in [0.29, 0.717) is 17.8 Å². The number of hydrogen-bond acceptors (Lipinski definition) is 7. The zero-order chi connectivity index (χ0) is 13.7. The molecule has 0 bridgehead atoms. The first-order chi connectivity index (χ1) is 9.16. The molecule has 2 aromatic rings. The fourth-order valence-electron chi connectivity index (χ4n) is 1.37. The summed E-state index contributed by atoms with van der Waals surface area (Å²) in [5.41, 5.74) is 0.437. The standard InChI is InChI=1S/C10H13BN4O3S/c1-15-10(12-13-14-15)19-7-6-18-9-4-2-8(3-5-9)11(16)17/h2-5,16-17H,6-7H2,1H3. The van der Waals surface area contributed by atoms with Crippen molar-refractivity contribution in [1.82, 2.24) is 20.2 Å². The van der Waals surface area contributed by atoms with Gasteiger partial charge in [0, 0.05) is 12.8 Å². The third kappa shape index (κ3) is 3.95. The molecule has 0 atom stereocenters. The maximum atomic E-state index is 8.95. The smallest absolute Gasteiger partial charge is 0.488 e. The number of aromatic nitrogens is 4. The molecule has 0 amide bonds. The van der Waals surface area contributed by atoms with E-state index in [9.17, 15) is 0 Å². The summed E-state index contributed by atoms with van der Waals surface area (Å²) in [6.45, 7) is 0.512. The molecule has 0 fully saturated rings. The summed E-state index contributed by atoms with van der Waals surface area (Å²) in [5.74, 6) is 1.40. The number of benzene rings is 1. The van der Waals surface area contributed by atoms with E-state index in [1.165, 1.54) is 11.8 Å². The van der Waals surface area contributed by atoms with Gasteiger partial charge >= 0.3 is 7.12 Å². The van der Waals surface area contributed by atoms with Crippen molar-refractivity contribution in [2.75, 3.05) is 12.4 Å². The molecule has 2 N–H and O–H groups in total. The minimum Gasteiger partial charge on any atom is -0.493 e. The van der Waals surface area contributed by atoms with Crippen LogP contribution < -0.4 is 10.2 Å². The number of aryl methyl sites for hydroxylation is 1. The Hall–Kier alpha value is -1.58. The molecule has 0 aliphatic carbocycles. The summed E-state index contributed by atoms with van der Waals surface area (Å²) in [7, 11) is 0.329. The van der Waals surface area contributed by atoms with Gasteiger partial charge in [-0.05, 0) is 28.0 Å². The van der Waals surface area contributed by atoms with Crippen LogP contribution in [0.5, 0.6) is 5.75 Å². The zero-order valence-electron chi connectivity index (χ0n) is 10.3. The topological polar surface area (TPSA) is 93.3 Å². The van der Waals surface area contributed by atoms with Crippen molar-refractivity contribution in [3.8, 4) is 5.75 Å². The molecule has 0 radical (unpaired) electrons. The van der Waals surface area contributed by atoms with Crippen molar-refractivity contribution >= 4 is 24.3 Å². The summed E-state index contributed by atoms with van der Waals surface area (Å²) in [5, 5.41) is 29.7. The lowest BCUT2D eigenvalue weighted by Gasteiger charge is -2.06. The fourth-order valence-corrected chi connectivity index (χ4v) is 2.04. The molecule has 1 aromatic carbocycles. The predicted molar refractivity (Wildman–Crippen MR) is 71.3 cm³/mol. The van der Waals surface area contributed by atoms with Crippen LogP contribution in [-0.4, -0.2) is 49.7 Å². The second-order valence-corrected chi connectivity index (χ2v) is 4.79. The maximum absolute atomic E-state index is 8.95. The molecular weight excluding hydrogens is 267 g/mol. The summed E-state index contributed by atoms with van der Waals surface area (Å²) >= 11 is 1.50. The van der Waals surface area contributed by atoms with Gasteiger partial charge in [-0.2, -0.15) is 0 Å². The molecule has 0 spiro atoms. The van der Waals surface area contributed by atoms with Crippen LogP contribution in [0.3, 0.4) is 0 Å². The van der Waals surface area contributed by atoms with Gasteiger partial charge in [-0.25, -0.2) is 4.68 Å². The molecular formula is C10H13BN4O3S. The highest BCUT2D eigenvalue weighted by atomic mass is 32.2. The van der Waals surface area contributed by atoms with E-state index in [-0.39, 0.29) is 0 Å². The second-order valence-electron chi connectivity index (χ2n) is 3.72. The Bertz CT molecular complexity index is 520. The summed E-state index contributed by atoms with van der Waals surface area (Å²) in [6.07, 6.45) is 0. The fraction of sp³-hybridized carbons (Fsp3) is 0.300. The van der Waals surface area contributed by atoms with Gasteiger partial charge in [0.15, 0.2) is 0 Å². The maximum Gasteiger partial charge on any atom is 0.488 e. The van der Waals surface area contributed by atoms with Crippen molar-refractivity contribution < 1.29 is 14.8 Å². The van der Waals surface area contributed by atoms with Gasteiger partial charge in [0.05, 0.1) is 6.61 Å². The Morgan fingerprint density at radius 2 is 2.05 bits per heavy atom. The molecule has 19 heavy (non-hydrogen) atoms. The third-order valence-corrected chi connectivity index (χ3v) is 3.32. The van der Waals surface area contributed by atoms with Crippen LogP contribution in [0, 0.1) is 0 Å². The van der Waals surface area contributed by atoms with Crippen molar-refractivity contribution in [2.24, 2.45) is 7.05 Å². The molecule has 9 heteroatoms. The van der Waals surface area contributed by atoms with Crippen LogP contribution in [0.1, 0.15) is 0 Å². The van der Waals surface area contributed by atoms with Gasteiger partial charge < -0.3 is 14.8 Å². The predicted octanol–water partition coefficient (Wildman–Crippen LogP) is -0.939. The number of ether oxygens (including phenoxy) is 1. The molecule has 2 rings (SSSR count). The normalized spacial score (nSPS) is 10.5. The summed E-state index contributed by atoms with van der Waals surface area (Å²) in [6, 6.07) is 6.62. The van der Waals surface area contributed by atoms with E-state index in [1.807, 2.05) is 0 Å². The lowest BCUT2D eigenvalue weighted by molar-refractivity contribution is 0.344. The largest absolute Gasteiger partial charge is 0.493 e. The van der Waals surface area contributed by atoms with E-state index in [1.54, 1.807) is 36.0 Å². The van der Waals surface area contributed by atoms with Crippen molar-refractivity contribution in [1.29, 1.82) is 0 Å². The summed E-state index contributed by atoms with van der Waals surface area (Å²) in [4.78, 5) is 0. The number of nitrogens with zero attached hydrogens (tertiary/aromatic N) is 4. The van der Waals surface area contributed by atoms with Gasteiger partial charge in [0.2, 0.25) is 5.16 Å². The second kappa shape index (κ2) is 6.55. The lowest BCUT2D eigenvalue weighted by atomic mass is 9.80. The monoisotopic (exact) mass is 280 g/mol. The molecule has 0 aliphatic heterocycles. The van der Waals surface area contributed by atoms with Gasteiger partial charge in [0.25, 0.3) is 0 Å². The minimum absolute atomic E-state index is 0.437. The first-order valence-corrected chi connectivity index (χ1v) is 6.59. The zero-order valence-corrected chi connectivity index (χ0v) is 11.1. The van der Waals surface area contributed by atoms with Crippen LogP contribution in [0.25, 0.3) is 0 Å². The lowest BCUT2D eigenvalue weighted by Crippen LogP contribution is -2.29. The van der Waals surface area contributed by atoms with Gasteiger partial charge in [-0.1, -0.05) is 23.9 Å². The highest BCUT2D eigenvalue weighted by molar-refractivity contribution is 7.99. The van der Waals surface area contributed by atoms with Gasteiger partial charge in [-0.3, -0.25) is 0 Å². The Kier molecular flexibility index (Phi) is 4.77. The van der Waals surface area contributed by atoms with Crippen LogP contribution >= 0.6 is 11.8 Å². The van der Waals surface area contributed by atoms with Gasteiger partial charge in [-0.15, -0.1) is 5.10 Å². The van der Waals surface area contributed by atoms with E-state index in [2.05, 4.69) is 15.5 Å². The molecule has 0 aliphatic rings. The molecule has 1 heterocycles. The molecule has 0 unspecified atom stereocenters. The molecule has 7 nitrogen and oxygen atoms in total. The average molecular weight is 280 g/mol. The first-order valence-electron chi connectivity index (χ1n) is 5.61.